The topological polar surface area (TPSA) is 88.1 Å². The van der Waals surface area contributed by atoms with Gasteiger partial charge in [0.15, 0.2) is 0 Å². The fraction of sp³-hybridized carbons (Fsp3) is 0.500. The van der Waals surface area contributed by atoms with Crippen LogP contribution in [0.3, 0.4) is 0 Å². The molecule has 0 amide bonds. The first-order valence-electron chi connectivity index (χ1n) is 4.67. The molecule has 1 unspecified atom stereocenters. The fourth-order valence-corrected chi connectivity index (χ4v) is 1.32. The third-order valence-electron chi connectivity index (χ3n) is 2.05. The predicted octanol–water partition coefficient (Wildman–Crippen LogP) is -0.453. The van der Waals surface area contributed by atoms with Gasteiger partial charge in [-0.2, -0.15) is 0 Å². The molecule has 0 aromatic heterocycles. The molecule has 0 radical (unpaired) electrons. The van der Waals surface area contributed by atoms with Gasteiger partial charge in [-0.15, -0.1) is 0 Å². The lowest BCUT2D eigenvalue weighted by molar-refractivity contribution is -0.204. The Hall–Kier alpha value is -1.89. The van der Waals surface area contributed by atoms with E-state index in [1.54, 1.807) is 0 Å². The Kier molecular flexibility index (Phi) is 3.84. The minimum absolute atomic E-state index is 0.606. The van der Waals surface area contributed by atoms with Crippen LogP contribution in [-0.2, 0) is 33.3 Å². The molecular formula is C10H12O7. The molecule has 94 valence electrons. The lowest BCUT2D eigenvalue weighted by atomic mass is 10.1. The highest BCUT2D eigenvalue weighted by molar-refractivity contribution is 6.06. The van der Waals surface area contributed by atoms with Crippen molar-refractivity contribution in [2.45, 2.75) is 18.8 Å². The van der Waals surface area contributed by atoms with Crippen molar-refractivity contribution >= 4 is 17.9 Å². The van der Waals surface area contributed by atoms with Crippen LogP contribution >= 0.6 is 0 Å². The van der Waals surface area contributed by atoms with E-state index in [2.05, 4.69) is 9.47 Å². The Morgan fingerprint density at radius 1 is 1.18 bits per heavy atom. The van der Waals surface area contributed by atoms with Crippen LogP contribution in [-0.4, -0.2) is 44.0 Å². The van der Waals surface area contributed by atoms with Crippen molar-refractivity contribution in [3.05, 3.63) is 12.2 Å². The molecule has 0 spiro atoms. The van der Waals surface area contributed by atoms with E-state index >= 15 is 0 Å². The average Bonchev–Trinajstić information content (AvgIpc) is 2.71. The van der Waals surface area contributed by atoms with Gasteiger partial charge in [0.05, 0.1) is 14.2 Å². The number of methoxy groups -OCH3 is 2. The molecule has 7 heteroatoms. The van der Waals surface area contributed by atoms with Gasteiger partial charge in [0.2, 0.25) is 6.29 Å². The van der Waals surface area contributed by atoms with Crippen molar-refractivity contribution in [3.63, 3.8) is 0 Å². The molecule has 0 N–H and O–H groups in total. The summed E-state index contributed by atoms with van der Waals surface area (Å²) in [5.41, 5.74) is -2.01. The van der Waals surface area contributed by atoms with Crippen LogP contribution < -0.4 is 0 Å². The molecule has 0 saturated heterocycles. The van der Waals surface area contributed by atoms with Gasteiger partial charge in [-0.25, -0.2) is 9.59 Å². The first-order valence-corrected chi connectivity index (χ1v) is 4.67. The Morgan fingerprint density at radius 2 is 1.71 bits per heavy atom. The van der Waals surface area contributed by atoms with Gasteiger partial charge in [0.1, 0.15) is 0 Å². The zero-order chi connectivity index (χ0) is 13.1. The van der Waals surface area contributed by atoms with Gasteiger partial charge in [0, 0.05) is 6.92 Å². The molecular weight excluding hydrogens is 232 g/mol. The summed E-state index contributed by atoms with van der Waals surface area (Å²) in [5.74, 6) is -2.50. The highest BCUT2D eigenvalue weighted by Crippen LogP contribution is 2.27. The van der Waals surface area contributed by atoms with Crippen LogP contribution in [0, 0.1) is 0 Å². The Morgan fingerprint density at radius 3 is 2.12 bits per heavy atom. The second kappa shape index (κ2) is 4.96. The van der Waals surface area contributed by atoms with Crippen molar-refractivity contribution in [2.24, 2.45) is 0 Å². The minimum Gasteiger partial charge on any atom is -0.466 e. The molecule has 0 aromatic rings. The quantitative estimate of drug-likeness (QED) is 0.287. The summed E-state index contributed by atoms with van der Waals surface area (Å²) in [4.78, 5) is 33.8. The number of carbonyl (C=O) groups excluding carboxylic acids is 3. The Labute approximate surface area is 97.3 Å². The summed E-state index contributed by atoms with van der Waals surface area (Å²) < 4.78 is 18.7. The molecule has 1 rings (SSSR count). The molecule has 1 aliphatic heterocycles. The van der Waals surface area contributed by atoms with Gasteiger partial charge in [0.25, 0.3) is 5.60 Å². The van der Waals surface area contributed by atoms with E-state index in [1.165, 1.54) is 13.0 Å². The number of ether oxygens (including phenoxy) is 4. The zero-order valence-electron chi connectivity index (χ0n) is 9.59. The lowest BCUT2D eigenvalue weighted by Gasteiger charge is -2.22. The third-order valence-corrected chi connectivity index (χ3v) is 2.05. The summed E-state index contributed by atoms with van der Waals surface area (Å²) in [6.45, 7) is 1.17. The van der Waals surface area contributed by atoms with Gasteiger partial charge in [-0.1, -0.05) is 0 Å². The minimum atomic E-state index is -2.01. The monoisotopic (exact) mass is 244 g/mol. The van der Waals surface area contributed by atoms with Gasteiger partial charge < -0.3 is 18.9 Å². The summed E-state index contributed by atoms with van der Waals surface area (Å²) in [6, 6.07) is 0. The molecule has 1 aliphatic rings. The second-order valence-corrected chi connectivity index (χ2v) is 3.17. The SMILES string of the molecule is COC(=O)C1(C(=O)OC)C=CC(OC(C)=O)O1. The smallest absolute Gasteiger partial charge is 0.354 e. The maximum Gasteiger partial charge on any atom is 0.354 e. The van der Waals surface area contributed by atoms with Crippen LogP contribution in [0.4, 0.5) is 0 Å². The van der Waals surface area contributed by atoms with Crippen LogP contribution in [0.5, 0.6) is 0 Å². The number of hydrogen-bond acceptors (Lipinski definition) is 7. The third kappa shape index (κ3) is 2.44. The molecule has 17 heavy (non-hydrogen) atoms. The van der Waals surface area contributed by atoms with Crippen molar-refractivity contribution < 1.29 is 33.3 Å². The normalized spacial score (nSPS) is 20.8. The van der Waals surface area contributed by atoms with E-state index in [9.17, 15) is 14.4 Å². The van der Waals surface area contributed by atoms with Crippen LogP contribution in [0.2, 0.25) is 0 Å². The van der Waals surface area contributed by atoms with E-state index in [0.717, 1.165) is 20.3 Å². The lowest BCUT2D eigenvalue weighted by Crippen LogP contribution is -2.48. The molecule has 7 nitrogen and oxygen atoms in total. The highest BCUT2D eigenvalue weighted by Gasteiger charge is 2.53. The van der Waals surface area contributed by atoms with Crippen molar-refractivity contribution in [1.29, 1.82) is 0 Å². The average molecular weight is 244 g/mol. The molecule has 1 heterocycles. The molecule has 0 fully saturated rings. The first kappa shape index (κ1) is 13.2. The van der Waals surface area contributed by atoms with E-state index < -0.39 is 29.8 Å². The van der Waals surface area contributed by atoms with Crippen molar-refractivity contribution in [1.82, 2.24) is 0 Å². The second-order valence-electron chi connectivity index (χ2n) is 3.17. The van der Waals surface area contributed by atoms with Crippen LogP contribution in [0.25, 0.3) is 0 Å². The zero-order valence-corrected chi connectivity index (χ0v) is 9.59. The summed E-state index contributed by atoms with van der Waals surface area (Å²) in [5, 5.41) is 0. The van der Waals surface area contributed by atoms with E-state index in [-0.39, 0.29) is 0 Å². The van der Waals surface area contributed by atoms with E-state index in [0.29, 0.717) is 0 Å². The first-order chi connectivity index (χ1) is 7.96. The van der Waals surface area contributed by atoms with Gasteiger partial charge in [-0.05, 0) is 12.2 Å². The van der Waals surface area contributed by atoms with Crippen LogP contribution in [0.1, 0.15) is 6.92 Å². The van der Waals surface area contributed by atoms with Crippen LogP contribution in [0.15, 0.2) is 12.2 Å². The number of esters is 3. The highest BCUT2D eigenvalue weighted by atomic mass is 16.7. The number of hydrogen-bond donors (Lipinski definition) is 0. The molecule has 1 atom stereocenters. The number of rotatable bonds is 3. The predicted molar refractivity (Wildman–Crippen MR) is 52.5 cm³/mol. The summed E-state index contributed by atoms with van der Waals surface area (Å²) in [6.07, 6.45) is 1.28. The molecule has 0 bridgehead atoms. The molecule has 0 aliphatic carbocycles. The van der Waals surface area contributed by atoms with Crippen molar-refractivity contribution in [2.75, 3.05) is 14.2 Å². The Balaban J connectivity index is 2.91. The Bertz CT molecular complexity index is 355. The van der Waals surface area contributed by atoms with Crippen molar-refractivity contribution in [3.8, 4) is 0 Å². The number of carbonyl (C=O) groups is 3. The molecule has 0 aromatic carbocycles. The van der Waals surface area contributed by atoms with E-state index in [4.69, 9.17) is 9.47 Å². The maximum atomic E-state index is 11.5. The largest absolute Gasteiger partial charge is 0.466 e. The fourth-order valence-electron chi connectivity index (χ4n) is 1.32. The summed E-state index contributed by atoms with van der Waals surface area (Å²) in [7, 11) is 2.20. The van der Waals surface area contributed by atoms with Gasteiger partial charge in [-0.3, -0.25) is 4.79 Å². The van der Waals surface area contributed by atoms with E-state index in [1.807, 2.05) is 0 Å². The van der Waals surface area contributed by atoms with Gasteiger partial charge >= 0.3 is 17.9 Å². The maximum absolute atomic E-state index is 11.5. The standard InChI is InChI=1S/C10H12O7/c1-6(11)16-7-4-5-10(17-7,8(12)14-2)9(13)15-3/h4-5,7H,1-3H3. The molecule has 0 saturated carbocycles. The summed E-state index contributed by atoms with van der Waals surface area (Å²) >= 11 is 0.